The van der Waals surface area contributed by atoms with Gasteiger partial charge in [0.25, 0.3) is 0 Å². The molecular formula is C19H38ClNO. The topological polar surface area (TPSA) is 20.3 Å². The van der Waals surface area contributed by atoms with Crippen molar-refractivity contribution in [3.63, 3.8) is 0 Å². The number of unbranched alkanes of at least 4 members (excludes halogenated alkanes) is 12. The molecular weight excluding hydrogens is 294 g/mol. The van der Waals surface area contributed by atoms with Gasteiger partial charge in [-0.1, -0.05) is 90.9 Å². The van der Waals surface area contributed by atoms with Crippen molar-refractivity contribution in [1.29, 1.82) is 0 Å². The summed E-state index contributed by atoms with van der Waals surface area (Å²) in [5.74, 6) is 0. The molecule has 0 fully saturated rings. The first kappa shape index (κ1) is 21.8. The van der Waals surface area contributed by atoms with Gasteiger partial charge in [0.2, 0.25) is 0 Å². The van der Waals surface area contributed by atoms with Crippen molar-refractivity contribution >= 4 is 17.0 Å². The fourth-order valence-electron chi connectivity index (χ4n) is 2.78. The highest BCUT2D eigenvalue weighted by atomic mass is 35.5. The van der Waals surface area contributed by atoms with Gasteiger partial charge >= 0.3 is 5.37 Å². The van der Waals surface area contributed by atoms with Gasteiger partial charge in [0.1, 0.15) is 0 Å². The van der Waals surface area contributed by atoms with Crippen molar-refractivity contribution in [2.45, 2.75) is 104 Å². The van der Waals surface area contributed by atoms with Gasteiger partial charge in [0.05, 0.1) is 0 Å². The van der Waals surface area contributed by atoms with Crippen LogP contribution in [0.4, 0.5) is 4.79 Å². The van der Waals surface area contributed by atoms with E-state index < -0.39 is 0 Å². The molecule has 0 N–H and O–H groups in total. The van der Waals surface area contributed by atoms with Crippen LogP contribution in [-0.4, -0.2) is 23.4 Å². The lowest BCUT2D eigenvalue weighted by molar-refractivity contribution is 0.219. The Kier molecular flexibility index (Phi) is 16.9. The molecule has 0 unspecified atom stereocenters. The summed E-state index contributed by atoms with van der Waals surface area (Å²) in [6.07, 6.45) is 18.3. The Morgan fingerprint density at radius 2 is 1.00 bits per heavy atom. The number of hydrogen-bond acceptors (Lipinski definition) is 1. The summed E-state index contributed by atoms with van der Waals surface area (Å²) in [5.41, 5.74) is 0. The minimum atomic E-state index is -0.281. The highest BCUT2D eigenvalue weighted by molar-refractivity contribution is 6.62. The third kappa shape index (κ3) is 14.7. The lowest BCUT2D eigenvalue weighted by atomic mass is 10.1. The Morgan fingerprint density at radius 3 is 1.41 bits per heavy atom. The van der Waals surface area contributed by atoms with E-state index in [-0.39, 0.29) is 5.37 Å². The quantitative estimate of drug-likeness (QED) is 0.167. The van der Waals surface area contributed by atoms with E-state index in [4.69, 9.17) is 11.6 Å². The number of hydrogen-bond donors (Lipinski definition) is 0. The zero-order chi connectivity index (χ0) is 16.5. The van der Waals surface area contributed by atoms with Crippen LogP contribution in [0.2, 0.25) is 0 Å². The van der Waals surface area contributed by atoms with E-state index >= 15 is 0 Å². The number of nitrogens with zero attached hydrogens (tertiary/aromatic N) is 1. The van der Waals surface area contributed by atoms with E-state index in [1.807, 2.05) is 0 Å². The second-order valence-electron chi connectivity index (χ2n) is 6.48. The molecule has 0 aliphatic carbocycles. The van der Waals surface area contributed by atoms with Crippen LogP contribution in [0.5, 0.6) is 0 Å². The maximum atomic E-state index is 11.3. The lowest BCUT2D eigenvalue weighted by Gasteiger charge is -2.19. The van der Waals surface area contributed by atoms with Gasteiger partial charge < -0.3 is 4.90 Å². The fraction of sp³-hybridized carbons (Fsp3) is 0.947. The van der Waals surface area contributed by atoms with Crippen LogP contribution >= 0.6 is 11.6 Å². The third-order valence-corrected chi connectivity index (χ3v) is 4.55. The van der Waals surface area contributed by atoms with Crippen LogP contribution < -0.4 is 0 Å². The highest BCUT2D eigenvalue weighted by Crippen LogP contribution is 2.12. The highest BCUT2D eigenvalue weighted by Gasteiger charge is 2.08. The summed E-state index contributed by atoms with van der Waals surface area (Å²) < 4.78 is 0. The van der Waals surface area contributed by atoms with Gasteiger partial charge in [-0.25, -0.2) is 0 Å². The Labute approximate surface area is 144 Å². The first-order valence-electron chi connectivity index (χ1n) is 9.66. The SMILES string of the molecule is CCCCCCCCCCCCCCN(CCCC)C(=O)Cl. The van der Waals surface area contributed by atoms with Crippen LogP contribution in [0.25, 0.3) is 0 Å². The van der Waals surface area contributed by atoms with Crippen molar-refractivity contribution in [2.75, 3.05) is 13.1 Å². The van der Waals surface area contributed by atoms with Crippen molar-refractivity contribution in [3.8, 4) is 0 Å². The molecule has 0 rings (SSSR count). The molecule has 1 amide bonds. The maximum Gasteiger partial charge on any atom is 0.316 e. The predicted molar refractivity (Wildman–Crippen MR) is 98.8 cm³/mol. The van der Waals surface area contributed by atoms with Gasteiger partial charge in [-0.3, -0.25) is 4.79 Å². The molecule has 0 saturated carbocycles. The van der Waals surface area contributed by atoms with Crippen LogP contribution in [0, 0.1) is 0 Å². The molecule has 0 radical (unpaired) electrons. The Bertz CT molecular complexity index is 246. The summed E-state index contributed by atoms with van der Waals surface area (Å²) in [7, 11) is 0. The molecule has 0 aromatic rings. The molecule has 132 valence electrons. The van der Waals surface area contributed by atoms with Crippen LogP contribution in [0.3, 0.4) is 0 Å². The number of rotatable bonds is 16. The number of halogens is 1. The second-order valence-corrected chi connectivity index (χ2v) is 6.81. The van der Waals surface area contributed by atoms with Gasteiger partial charge in [0.15, 0.2) is 0 Å². The summed E-state index contributed by atoms with van der Waals surface area (Å²) in [4.78, 5) is 13.1. The fourth-order valence-corrected chi connectivity index (χ4v) is 2.95. The van der Waals surface area contributed by atoms with Gasteiger partial charge in [-0.05, 0) is 24.4 Å². The number of amides is 1. The molecule has 0 aromatic carbocycles. The molecule has 0 heterocycles. The average molecular weight is 332 g/mol. The minimum Gasteiger partial charge on any atom is -0.329 e. The number of carbonyl (C=O) groups excluding carboxylic acids is 1. The van der Waals surface area contributed by atoms with Gasteiger partial charge in [0, 0.05) is 13.1 Å². The third-order valence-electron chi connectivity index (χ3n) is 4.31. The number of carbonyl (C=O) groups is 1. The van der Waals surface area contributed by atoms with Crippen molar-refractivity contribution in [1.82, 2.24) is 4.90 Å². The van der Waals surface area contributed by atoms with E-state index in [9.17, 15) is 4.79 Å². The van der Waals surface area contributed by atoms with Crippen LogP contribution in [0.15, 0.2) is 0 Å². The molecule has 0 aromatic heterocycles. The first-order valence-corrected chi connectivity index (χ1v) is 10.0. The minimum absolute atomic E-state index is 0.281. The summed E-state index contributed by atoms with van der Waals surface area (Å²) in [5, 5.41) is -0.281. The Morgan fingerprint density at radius 1 is 0.636 bits per heavy atom. The molecule has 3 heteroatoms. The van der Waals surface area contributed by atoms with E-state index in [0.717, 1.165) is 32.4 Å². The molecule has 0 saturated heterocycles. The van der Waals surface area contributed by atoms with E-state index in [2.05, 4.69) is 13.8 Å². The van der Waals surface area contributed by atoms with Crippen molar-refractivity contribution in [2.24, 2.45) is 0 Å². The van der Waals surface area contributed by atoms with E-state index in [1.165, 1.54) is 70.6 Å². The Balaban J connectivity index is 3.29. The summed E-state index contributed by atoms with van der Waals surface area (Å²) in [6.45, 7) is 6.06. The normalized spacial score (nSPS) is 10.9. The van der Waals surface area contributed by atoms with E-state index in [0.29, 0.717) is 0 Å². The van der Waals surface area contributed by atoms with Crippen LogP contribution in [-0.2, 0) is 0 Å². The zero-order valence-electron chi connectivity index (χ0n) is 15.0. The van der Waals surface area contributed by atoms with Crippen molar-refractivity contribution in [3.05, 3.63) is 0 Å². The Hall–Kier alpha value is -0.240. The maximum absolute atomic E-state index is 11.3. The molecule has 0 bridgehead atoms. The standard InChI is InChI=1S/C19H38ClNO/c1-3-5-7-8-9-10-11-12-13-14-15-16-18-21(19(20)22)17-6-4-2/h3-18H2,1-2H3. The van der Waals surface area contributed by atoms with E-state index in [1.54, 1.807) is 4.90 Å². The lowest BCUT2D eigenvalue weighted by Crippen LogP contribution is -2.28. The molecule has 22 heavy (non-hydrogen) atoms. The molecule has 0 aliphatic rings. The molecule has 0 spiro atoms. The van der Waals surface area contributed by atoms with Gasteiger partial charge in [-0.2, -0.15) is 0 Å². The smallest absolute Gasteiger partial charge is 0.316 e. The molecule has 2 nitrogen and oxygen atoms in total. The average Bonchev–Trinajstić information content (AvgIpc) is 2.51. The van der Waals surface area contributed by atoms with Crippen molar-refractivity contribution < 1.29 is 4.79 Å². The largest absolute Gasteiger partial charge is 0.329 e. The first-order chi connectivity index (χ1) is 10.7. The molecule has 0 aliphatic heterocycles. The molecule has 0 atom stereocenters. The second kappa shape index (κ2) is 17.1. The monoisotopic (exact) mass is 331 g/mol. The van der Waals surface area contributed by atoms with Crippen LogP contribution in [0.1, 0.15) is 104 Å². The summed E-state index contributed by atoms with van der Waals surface area (Å²) in [6, 6.07) is 0. The summed E-state index contributed by atoms with van der Waals surface area (Å²) >= 11 is 5.61. The zero-order valence-corrected chi connectivity index (χ0v) is 15.8. The predicted octanol–water partition coefficient (Wildman–Crippen LogP) is 7.15. The van der Waals surface area contributed by atoms with Gasteiger partial charge in [-0.15, -0.1) is 0 Å².